The van der Waals surface area contributed by atoms with Crippen LogP contribution < -0.4 is 9.64 Å². The first-order valence-electron chi connectivity index (χ1n) is 10.9. The molecule has 0 bridgehead atoms. The van der Waals surface area contributed by atoms with Gasteiger partial charge in [0.2, 0.25) is 0 Å². The van der Waals surface area contributed by atoms with Crippen LogP contribution in [0.4, 0.5) is 11.4 Å². The van der Waals surface area contributed by atoms with Crippen molar-refractivity contribution in [2.24, 2.45) is 4.99 Å². The average molecular weight is 411 g/mol. The van der Waals surface area contributed by atoms with Gasteiger partial charge < -0.3 is 9.64 Å². The Bertz CT molecular complexity index is 1100. The molecule has 0 radical (unpaired) electrons. The standard InChI is InChI=1S/C28H30N2O/c1-5-17-30-27-16-11-22(18-26(27)21(2)19-28(30,3)4)20-29-23-12-14-25(15-13-23)31-24-9-7-6-8-10-24/h6-16,18-20H,5,17H2,1-4H3. The predicted octanol–water partition coefficient (Wildman–Crippen LogP) is 7.64. The van der Waals surface area contributed by atoms with Crippen LogP contribution >= 0.6 is 0 Å². The zero-order valence-corrected chi connectivity index (χ0v) is 18.8. The highest BCUT2D eigenvalue weighted by atomic mass is 16.5. The molecule has 4 rings (SSSR count). The summed E-state index contributed by atoms with van der Waals surface area (Å²) < 4.78 is 5.85. The highest BCUT2D eigenvalue weighted by Crippen LogP contribution is 2.39. The van der Waals surface area contributed by atoms with E-state index in [-0.39, 0.29) is 5.54 Å². The predicted molar refractivity (Wildman–Crippen MR) is 132 cm³/mol. The minimum atomic E-state index is 0.0340. The molecule has 0 fully saturated rings. The lowest BCUT2D eigenvalue weighted by atomic mass is 9.88. The molecule has 1 heterocycles. The van der Waals surface area contributed by atoms with E-state index in [0.29, 0.717) is 0 Å². The van der Waals surface area contributed by atoms with Gasteiger partial charge >= 0.3 is 0 Å². The van der Waals surface area contributed by atoms with E-state index in [1.54, 1.807) is 0 Å². The number of allylic oxidation sites excluding steroid dienone is 1. The van der Waals surface area contributed by atoms with Crippen LogP contribution in [0.5, 0.6) is 11.5 Å². The first-order chi connectivity index (χ1) is 15.0. The van der Waals surface area contributed by atoms with Crippen molar-refractivity contribution in [3.8, 4) is 11.5 Å². The summed E-state index contributed by atoms with van der Waals surface area (Å²) in [5, 5.41) is 0. The second-order valence-electron chi connectivity index (χ2n) is 8.58. The van der Waals surface area contributed by atoms with Crippen molar-refractivity contribution < 1.29 is 4.74 Å². The van der Waals surface area contributed by atoms with Gasteiger partial charge in [0.1, 0.15) is 11.5 Å². The summed E-state index contributed by atoms with van der Waals surface area (Å²) in [6.45, 7) is 10.1. The highest BCUT2D eigenvalue weighted by molar-refractivity contribution is 5.88. The molecule has 158 valence electrons. The highest BCUT2D eigenvalue weighted by Gasteiger charge is 2.30. The molecule has 0 saturated carbocycles. The summed E-state index contributed by atoms with van der Waals surface area (Å²) in [5.74, 6) is 1.63. The van der Waals surface area contributed by atoms with Crippen molar-refractivity contribution in [3.05, 3.63) is 90.0 Å². The second kappa shape index (κ2) is 8.81. The zero-order chi connectivity index (χ0) is 21.8. The molecule has 0 N–H and O–H groups in total. The van der Waals surface area contributed by atoms with Gasteiger partial charge in [0.15, 0.2) is 0 Å². The van der Waals surface area contributed by atoms with Crippen molar-refractivity contribution >= 4 is 23.2 Å². The van der Waals surface area contributed by atoms with Crippen LogP contribution in [0.3, 0.4) is 0 Å². The van der Waals surface area contributed by atoms with E-state index in [9.17, 15) is 0 Å². The van der Waals surface area contributed by atoms with E-state index in [0.717, 1.165) is 35.7 Å². The normalized spacial score (nSPS) is 15.0. The minimum absolute atomic E-state index is 0.0340. The number of nitrogens with zero attached hydrogens (tertiary/aromatic N) is 2. The van der Waals surface area contributed by atoms with Crippen LogP contribution in [0.2, 0.25) is 0 Å². The first kappa shape index (κ1) is 20.9. The number of anilines is 1. The van der Waals surface area contributed by atoms with Gasteiger partial charge in [-0.3, -0.25) is 4.99 Å². The minimum Gasteiger partial charge on any atom is -0.457 e. The maximum atomic E-state index is 5.85. The molecule has 0 amide bonds. The Kier molecular flexibility index (Phi) is 5.94. The van der Waals surface area contributed by atoms with Gasteiger partial charge in [0, 0.05) is 24.0 Å². The van der Waals surface area contributed by atoms with E-state index < -0.39 is 0 Å². The number of aliphatic imine (C=N–C) groups is 1. The van der Waals surface area contributed by atoms with Crippen molar-refractivity contribution in [2.45, 2.75) is 39.7 Å². The fourth-order valence-corrected chi connectivity index (χ4v) is 4.19. The number of hydrogen-bond acceptors (Lipinski definition) is 3. The number of fused-ring (bicyclic) bond motifs is 1. The topological polar surface area (TPSA) is 24.8 Å². The Morgan fingerprint density at radius 1 is 0.935 bits per heavy atom. The molecule has 0 atom stereocenters. The summed E-state index contributed by atoms with van der Waals surface area (Å²) in [6.07, 6.45) is 5.44. The molecular formula is C28H30N2O. The lowest BCUT2D eigenvalue weighted by Crippen LogP contribution is -2.45. The Labute approximate surface area is 185 Å². The van der Waals surface area contributed by atoms with Crippen LogP contribution in [-0.2, 0) is 0 Å². The number of hydrogen-bond donors (Lipinski definition) is 0. The molecule has 1 aliphatic heterocycles. The molecule has 3 heteroatoms. The van der Waals surface area contributed by atoms with E-state index in [2.05, 4.69) is 61.9 Å². The van der Waals surface area contributed by atoms with Crippen LogP contribution in [0.15, 0.2) is 83.9 Å². The number of benzene rings is 3. The fourth-order valence-electron chi connectivity index (χ4n) is 4.19. The maximum Gasteiger partial charge on any atom is 0.127 e. The smallest absolute Gasteiger partial charge is 0.127 e. The lowest BCUT2D eigenvalue weighted by Gasteiger charge is -2.43. The van der Waals surface area contributed by atoms with Crippen LogP contribution in [0.25, 0.3) is 5.57 Å². The molecule has 0 aliphatic carbocycles. The Hall–Kier alpha value is -3.33. The number of para-hydroxylation sites is 1. The quantitative estimate of drug-likeness (QED) is 0.390. The summed E-state index contributed by atoms with van der Waals surface area (Å²) in [7, 11) is 0. The number of ether oxygens (including phenoxy) is 1. The monoisotopic (exact) mass is 410 g/mol. The molecule has 0 aromatic heterocycles. The van der Waals surface area contributed by atoms with Gasteiger partial charge in [0.25, 0.3) is 0 Å². The van der Waals surface area contributed by atoms with Crippen LogP contribution in [0, 0.1) is 0 Å². The Morgan fingerprint density at radius 2 is 1.65 bits per heavy atom. The average Bonchev–Trinajstić information content (AvgIpc) is 2.76. The molecule has 0 spiro atoms. The summed E-state index contributed by atoms with van der Waals surface area (Å²) in [5.41, 5.74) is 5.97. The molecule has 0 unspecified atom stereocenters. The van der Waals surface area contributed by atoms with E-state index in [1.165, 1.54) is 16.8 Å². The van der Waals surface area contributed by atoms with Crippen molar-refractivity contribution in [1.82, 2.24) is 0 Å². The lowest BCUT2D eigenvalue weighted by molar-refractivity contribution is 0.483. The molecule has 3 aromatic rings. The maximum absolute atomic E-state index is 5.85. The summed E-state index contributed by atoms with van der Waals surface area (Å²) in [4.78, 5) is 7.17. The van der Waals surface area contributed by atoms with Crippen molar-refractivity contribution in [1.29, 1.82) is 0 Å². The largest absolute Gasteiger partial charge is 0.457 e. The molecule has 31 heavy (non-hydrogen) atoms. The molecule has 0 saturated heterocycles. The second-order valence-corrected chi connectivity index (χ2v) is 8.58. The van der Waals surface area contributed by atoms with Gasteiger partial charge in [0.05, 0.1) is 11.2 Å². The fraction of sp³-hybridized carbons (Fsp3) is 0.250. The third kappa shape index (κ3) is 4.72. The zero-order valence-electron chi connectivity index (χ0n) is 18.8. The van der Waals surface area contributed by atoms with Crippen LogP contribution in [0.1, 0.15) is 45.2 Å². The van der Waals surface area contributed by atoms with Crippen LogP contribution in [-0.4, -0.2) is 18.3 Å². The van der Waals surface area contributed by atoms with E-state index >= 15 is 0 Å². The third-order valence-electron chi connectivity index (χ3n) is 5.63. The molecule has 3 aromatic carbocycles. The van der Waals surface area contributed by atoms with E-state index in [4.69, 9.17) is 4.74 Å². The molecular weight excluding hydrogens is 380 g/mol. The van der Waals surface area contributed by atoms with Gasteiger partial charge in [-0.25, -0.2) is 0 Å². The van der Waals surface area contributed by atoms with Crippen molar-refractivity contribution in [2.75, 3.05) is 11.4 Å². The van der Waals surface area contributed by atoms with Crippen molar-refractivity contribution in [3.63, 3.8) is 0 Å². The summed E-state index contributed by atoms with van der Waals surface area (Å²) in [6, 6.07) is 24.3. The number of rotatable bonds is 6. The molecule has 1 aliphatic rings. The van der Waals surface area contributed by atoms with E-state index in [1.807, 2.05) is 60.8 Å². The summed E-state index contributed by atoms with van der Waals surface area (Å²) >= 11 is 0. The third-order valence-corrected chi connectivity index (χ3v) is 5.63. The Balaban J connectivity index is 1.52. The molecule has 3 nitrogen and oxygen atoms in total. The van der Waals surface area contributed by atoms with Gasteiger partial charge in [-0.2, -0.15) is 0 Å². The van der Waals surface area contributed by atoms with Gasteiger partial charge in [-0.1, -0.05) is 37.3 Å². The first-order valence-corrected chi connectivity index (χ1v) is 10.9. The van der Waals surface area contributed by atoms with Gasteiger partial charge in [-0.15, -0.1) is 0 Å². The Morgan fingerprint density at radius 3 is 2.35 bits per heavy atom. The van der Waals surface area contributed by atoms with Gasteiger partial charge in [-0.05, 0) is 86.9 Å². The SMILES string of the molecule is CCCN1c2ccc(C=Nc3ccc(Oc4ccccc4)cc3)cc2C(C)=CC1(C)C.